The van der Waals surface area contributed by atoms with Crippen molar-refractivity contribution in [3.8, 4) is 0 Å². The normalized spacial score (nSPS) is 12.9. The first-order chi connectivity index (χ1) is 7.00. The maximum Gasteiger partial charge on any atom is 0.128 e. The van der Waals surface area contributed by atoms with Crippen LogP contribution in [-0.2, 0) is 0 Å². The highest BCUT2D eigenvalue weighted by atomic mass is 79.9. The molecule has 0 saturated heterocycles. The minimum atomic E-state index is 0.162. The molecule has 84 valence electrons. The molecule has 3 nitrogen and oxygen atoms in total. The lowest BCUT2D eigenvalue weighted by Crippen LogP contribution is -2.34. The van der Waals surface area contributed by atoms with Crippen molar-refractivity contribution in [2.24, 2.45) is 11.7 Å². The van der Waals surface area contributed by atoms with E-state index in [1.807, 2.05) is 13.0 Å². The fourth-order valence-corrected chi connectivity index (χ4v) is 1.62. The SMILES string of the molecule is Cc1cc(Br)cnc1NCC(N)C(C)C. The second kappa shape index (κ2) is 5.47. The monoisotopic (exact) mass is 271 g/mol. The van der Waals surface area contributed by atoms with Gasteiger partial charge in [0.25, 0.3) is 0 Å². The maximum atomic E-state index is 5.94. The van der Waals surface area contributed by atoms with Gasteiger partial charge in [0.2, 0.25) is 0 Å². The fourth-order valence-electron chi connectivity index (χ4n) is 1.18. The van der Waals surface area contributed by atoms with Crippen LogP contribution < -0.4 is 11.1 Å². The summed E-state index contributed by atoms with van der Waals surface area (Å²) in [5.41, 5.74) is 7.07. The summed E-state index contributed by atoms with van der Waals surface area (Å²) in [6, 6.07) is 2.20. The number of hydrogen-bond donors (Lipinski definition) is 2. The Labute approximate surface area is 99.6 Å². The van der Waals surface area contributed by atoms with Crippen LogP contribution in [-0.4, -0.2) is 17.6 Å². The number of nitrogens with two attached hydrogens (primary N) is 1. The molecule has 1 atom stereocenters. The molecule has 1 unspecified atom stereocenters. The lowest BCUT2D eigenvalue weighted by atomic mass is 10.1. The molecule has 0 spiro atoms. The Morgan fingerprint density at radius 2 is 2.20 bits per heavy atom. The summed E-state index contributed by atoms with van der Waals surface area (Å²) in [5.74, 6) is 1.39. The minimum Gasteiger partial charge on any atom is -0.368 e. The topological polar surface area (TPSA) is 50.9 Å². The number of aromatic nitrogens is 1. The summed E-state index contributed by atoms with van der Waals surface area (Å²) in [7, 11) is 0. The van der Waals surface area contributed by atoms with Gasteiger partial charge in [0.1, 0.15) is 5.82 Å². The van der Waals surface area contributed by atoms with Crippen molar-refractivity contribution in [1.82, 2.24) is 4.98 Å². The summed E-state index contributed by atoms with van der Waals surface area (Å²) in [6.07, 6.45) is 1.79. The third kappa shape index (κ3) is 3.80. The molecule has 0 fully saturated rings. The molecule has 0 aromatic carbocycles. The zero-order valence-electron chi connectivity index (χ0n) is 9.42. The molecule has 3 N–H and O–H groups in total. The predicted octanol–water partition coefficient (Wildman–Crippen LogP) is 2.55. The van der Waals surface area contributed by atoms with Crippen molar-refractivity contribution >= 4 is 21.7 Å². The molecule has 0 radical (unpaired) electrons. The van der Waals surface area contributed by atoms with Gasteiger partial charge in [-0.25, -0.2) is 4.98 Å². The zero-order valence-corrected chi connectivity index (χ0v) is 11.0. The number of nitrogens with zero attached hydrogens (tertiary/aromatic N) is 1. The van der Waals surface area contributed by atoms with Crippen LogP contribution in [0.5, 0.6) is 0 Å². The summed E-state index contributed by atoms with van der Waals surface area (Å²) in [5, 5.41) is 3.26. The number of aryl methyl sites for hydroxylation is 1. The van der Waals surface area contributed by atoms with Crippen LogP contribution in [0.2, 0.25) is 0 Å². The number of halogens is 1. The number of nitrogens with one attached hydrogen (secondary N) is 1. The van der Waals surface area contributed by atoms with Gasteiger partial charge < -0.3 is 11.1 Å². The van der Waals surface area contributed by atoms with Crippen LogP contribution in [0, 0.1) is 12.8 Å². The van der Waals surface area contributed by atoms with Crippen molar-refractivity contribution in [1.29, 1.82) is 0 Å². The highest BCUT2D eigenvalue weighted by Gasteiger charge is 2.08. The average molecular weight is 272 g/mol. The van der Waals surface area contributed by atoms with Gasteiger partial charge in [-0.1, -0.05) is 13.8 Å². The van der Waals surface area contributed by atoms with Crippen LogP contribution in [0.3, 0.4) is 0 Å². The standard InChI is InChI=1S/C11H18BrN3/c1-7(2)10(13)6-15-11-8(3)4-9(12)5-14-11/h4-5,7,10H,6,13H2,1-3H3,(H,14,15). The summed E-state index contributed by atoms with van der Waals surface area (Å²) >= 11 is 3.38. The van der Waals surface area contributed by atoms with Crippen molar-refractivity contribution in [2.45, 2.75) is 26.8 Å². The van der Waals surface area contributed by atoms with Crippen molar-refractivity contribution in [2.75, 3.05) is 11.9 Å². The van der Waals surface area contributed by atoms with E-state index in [0.717, 1.165) is 22.4 Å². The van der Waals surface area contributed by atoms with Crippen molar-refractivity contribution in [3.05, 3.63) is 22.3 Å². The van der Waals surface area contributed by atoms with Crippen LogP contribution >= 0.6 is 15.9 Å². The third-order valence-electron chi connectivity index (χ3n) is 2.41. The zero-order chi connectivity index (χ0) is 11.4. The molecule has 0 amide bonds. The molecular weight excluding hydrogens is 254 g/mol. The minimum absolute atomic E-state index is 0.162. The van der Waals surface area contributed by atoms with E-state index in [0.29, 0.717) is 5.92 Å². The molecular formula is C11H18BrN3. The predicted molar refractivity (Wildman–Crippen MR) is 68.0 cm³/mol. The van der Waals surface area contributed by atoms with Crippen LogP contribution in [0.4, 0.5) is 5.82 Å². The molecule has 0 aliphatic rings. The Kier molecular flexibility index (Phi) is 4.54. The Hall–Kier alpha value is -0.610. The van der Waals surface area contributed by atoms with E-state index in [4.69, 9.17) is 5.73 Å². The van der Waals surface area contributed by atoms with Gasteiger partial charge in [0.15, 0.2) is 0 Å². The van der Waals surface area contributed by atoms with Gasteiger partial charge in [-0.3, -0.25) is 0 Å². The molecule has 4 heteroatoms. The number of pyridine rings is 1. The highest BCUT2D eigenvalue weighted by molar-refractivity contribution is 9.10. The fraction of sp³-hybridized carbons (Fsp3) is 0.545. The van der Waals surface area contributed by atoms with Crippen molar-refractivity contribution < 1.29 is 0 Å². The first-order valence-electron chi connectivity index (χ1n) is 5.12. The summed E-state index contributed by atoms with van der Waals surface area (Å²) in [4.78, 5) is 4.30. The second-order valence-electron chi connectivity index (χ2n) is 4.11. The molecule has 1 rings (SSSR count). The van der Waals surface area contributed by atoms with E-state index in [-0.39, 0.29) is 6.04 Å². The molecule has 1 aromatic rings. The van der Waals surface area contributed by atoms with E-state index in [1.165, 1.54) is 0 Å². The molecule has 1 aromatic heterocycles. The van der Waals surface area contributed by atoms with E-state index in [2.05, 4.69) is 40.1 Å². The highest BCUT2D eigenvalue weighted by Crippen LogP contribution is 2.16. The molecule has 1 heterocycles. The van der Waals surface area contributed by atoms with E-state index < -0.39 is 0 Å². The van der Waals surface area contributed by atoms with Gasteiger partial charge in [0, 0.05) is 23.3 Å². The third-order valence-corrected chi connectivity index (χ3v) is 2.84. The maximum absolute atomic E-state index is 5.94. The molecule has 0 aliphatic heterocycles. The number of anilines is 1. The lowest BCUT2D eigenvalue weighted by molar-refractivity contribution is 0.511. The smallest absolute Gasteiger partial charge is 0.128 e. The van der Waals surface area contributed by atoms with Crippen LogP contribution in [0.25, 0.3) is 0 Å². The van der Waals surface area contributed by atoms with E-state index in [9.17, 15) is 0 Å². The first kappa shape index (κ1) is 12.5. The summed E-state index contributed by atoms with van der Waals surface area (Å²) in [6.45, 7) is 7.02. The second-order valence-corrected chi connectivity index (χ2v) is 5.02. The average Bonchev–Trinajstić information content (AvgIpc) is 2.15. The molecule has 15 heavy (non-hydrogen) atoms. The Morgan fingerprint density at radius 3 is 2.73 bits per heavy atom. The van der Waals surface area contributed by atoms with Crippen molar-refractivity contribution in [3.63, 3.8) is 0 Å². The Balaban J connectivity index is 2.58. The van der Waals surface area contributed by atoms with Gasteiger partial charge in [-0.2, -0.15) is 0 Å². The molecule has 0 bridgehead atoms. The Morgan fingerprint density at radius 1 is 1.53 bits per heavy atom. The number of rotatable bonds is 4. The van der Waals surface area contributed by atoms with Gasteiger partial charge in [-0.05, 0) is 40.4 Å². The largest absolute Gasteiger partial charge is 0.368 e. The molecule has 0 aliphatic carbocycles. The summed E-state index contributed by atoms with van der Waals surface area (Å²) < 4.78 is 0.999. The van der Waals surface area contributed by atoms with Crippen LogP contribution in [0.1, 0.15) is 19.4 Å². The van der Waals surface area contributed by atoms with E-state index >= 15 is 0 Å². The number of hydrogen-bond acceptors (Lipinski definition) is 3. The first-order valence-corrected chi connectivity index (χ1v) is 5.91. The van der Waals surface area contributed by atoms with Crippen LogP contribution in [0.15, 0.2) is 16.7 Å². The van der Waals surface area contributed by atoms with Gasteiger partial charge >= 0.3 is 0 Å². The molecule has 0 saturated carbocycles. The lowest BCUT2D eigenvalue weighted by Gasteiger charge is -2.17. The van der Waals surface area contributed by atoms with Gasteiger partial charge in [-0.15, -0.1) is 0 Å². The Bertz CT molecular complexity index is 326. The quantitative estimate of drug-likeness (QED) is 0.885. The van der Waals surface area contributed by atoms with Gasteiger partial charge in [0.05, 0.1) is 0 Å². The van der Waals surface area contributed by atoms with E-state index in [1.54, 1.807) is 6.20 Å².